The highest BCUT2D eigenvalue weighted by atomic mass is 19.1. The zero-order chi connectivity index (χ0) is 33.6. The van der Waals surface area contributed by atoms with E-state index in [0.29, 0.717) is 5.92 Å². The van der Waals surface area contributed by atoms with Crippen LogP contribution in [-0.4, -0.2) is 85.3 Å². The van der Waals surface area contributed by atoms with Crippen molar-refractivity contribution in [3.8, 4) is 0 Å². The summed E-state index contributed by atoms with van der Waals surface area (Å²) < 4.78 is 24.2. The van der Waals surface area contributed by atoms with Crippen LogP contribution in [0.5, 0.6) is 0 Å². The van der Waals surface area contributed by atoms with Crippen LogP contribution in [0, 0.1) is 5.92 Å². The Morgan fingerprint density at radius 2 is 1.79 bits per heavy atom. The monoisotopic (exact) mass is 610 g/mol. The van der Waals surface area contributed by atoms with E-state index in [0.717, 1.165) is 25.1 Å². The first-order valence-corrected chi connectivity index (χ1v) is 13.6. The summed E-state index contributed by atoms with van der Waals surface area (Å²) in [6, 6.07) is 0. The largest absolute Gasteiger partial charge is 0.469 e. The molecule has 0 aliphatic heterocycles. The molecule has 244 valence electrons. The molecule has 2 unspecified atom stereocenters. The van der Waals surface area contributed by atoms with Gasteiger partial charge >= 0.3 is 11.9 Å². The van der Waals surface area contributed by atoms with Crippen LogP contribution in [0.1, 0.15) is 54.4 Å². The molecule has 1 heterocycles. The topological polar surface area (TPSA) is 151 Å². The number of rotatable bonds is 14. The fourth-order valence-corrected chi connectivity index (χ4v) is 2.79. The average molecular weight is 611 g/mol. The van der Waals surface area contributed by atoms with E-state index in [-0.39, 0.29) is 31.4 Å². The van der Waals surface area contributed by atoms with Gasteiger partial charge in [-0.25, -0.2) is 10.3 Å². The van der Waals surface area contributed by atoms with E-state index in [9.17, 15) is 14.0 Å². The fourth-order valence-electron chi connectivity index (χ4n) is 2.79. The standard InChI is InChI=1S/C18H27FN4.C8H15NO5.C2H5N.C2H4O/c1-6-15(2)8-7-9-18(12-17(4)19)22(5)13-16(3)14-23-11-10-20-21-23;1-6(14-9)5-13-8(11)4-3-7(10)12-2;1-3-2;1-2-3/h6-12,16H,13-14H2,1-5H3;6H,3-5,9H2,1-2H3;1H2,2H3;2H,1H3/b8-7+,15-6+,17-12+,18-9+;;;. The number of ether oxygens (including phenoxy) is 2. The van der Waals surface area contributed by atoms with Crippen molar-refractivity contribution in [2.45, 2.75) is 67.0 Å². The van der Waals surface area contributed by atoms with E-state index in [4.69, 9.17) is 15.4 Å². The highest BCUT2D eigenvalue weighted by Gasteiger charge is 2.11. The molecule has 0 spiro atoms. The number of nitrogens with two attached hydrogens (primary N) is 1. The molecule has 0 radical (unpaired) electrons. The maximum absolute atomic E-state index is 13.3. The lowest BCUT2D eigenvalue weighted by molar-refractivity contribution is -0.151. The van der Waals surface area contributed by atoms with Gasteiger partial charge in [0.25, 0.3) is 0 Å². The van der Waals surface area contributed by atoms with Crippen LogP contribution >= 0.6 is 0 Å². The number of carbonyl (C=O) groups excluding carboxylic acids is 3. The van der Waals surface area contributed by atoms with E-state index in [1.54, 1.807) is 26.2 Å². The van der Waals surface area contributed by atoms with Crippen molar-refractivity contribution in [1.82, 2.24) is 19.9 Å². The quantitative estimate of drug-likeness (QED) is 0.105. The Labute approximate surface area is 256 Å². The summed E-state index contributed by atoms with van der Waals surface area (Å²) in [6.07, 6.45) is 13.4. The van der Waals surface area contributed by atoms with Crippen molar-refractivity contribution in [2.75, 3.05) is 34.4 Å². The molecule has 0 fully saturated rings. The van der Waals surface area contributed by atoms with Crippen LogP contribution in [0.3, 0.4) is 0 Å². The predicted octanol–water partition coefficient (Wildman–Crippen LogP) is 4.41. The molecule has 1 aromatic heterocycles. The van der Waals surface area contributed by atoms with Crippen LogP contribution in [0.2, 0.25) is 0 Å². The first-order valence-electron chi connectivity index (χ1n) is 13.6. The van der Waals surface area contributed by atoms with E-state index in [1.807, 2.05) is 56.1 Å². The van der Waals surface area contributed by atoms with Gasteiger partial charge in [0.2, 0.25) is 0 Å². The normalized spacial score (nSPS) is 12.7. The van der Waals surface area contributed by atoms with Crippen LogP contribution in [0.15, 0.2) is 64.9 Å². The predicted molar refractivity (Wildman–Crippen MR) is 167 cm³/mol. The van der Waals surface area contributed by atoms with Gasteiger partial charge in [0.05, 0.1) is 32.0 Å². The van der Waals surface area contributed by atoms with Crippen molar-refractivity contribution in [2.24, 2.45) is 16.8 Å². The highest BCUT2D eigenvalue weighted by molar-refractivity contribution is 5.77. The minimum absolute atomic E-state index is 0.00393. The summed E-state index contributed by atoms with van der Waals surface area (Å²) in [7, 11) is 4.87. The van der Waals surface area contributed by atoms with Crippen molar-refractivity contribution >= 4 is 24.9 Å². The van der Waals surface area contributed by atoms with Gasteiger partial charge in [-0.2, -0.15) is 0 Å². The first kappa shape index (κ1) is 43.5. The highest BCUT2D eigenvalue weighted by Crippen LogP contribution is 2.12. The molecule has 0 bridgehead atoms. The number of allylic oxidation sites excluding steroid dienone is 7. The Bertz CT molecular complexity index is 999. The molecule has 0 saturated carbocycles. The number of aromatic nitrogens is 3. The van der Waals surface area contributed by atoms with E-state index in [1.165, 1.54) is 26.5 Å². The number of esters is 2. The van der Waals surface area contributed by atoms with Crippen molar-refractivity contribution in [3.63, 3.8) is 0 Å². The maximum atomic E-state index is 13.3. The van der Waals surface area contributed by atoms with E-state index < -0.39 is 11.9 Å². The third-order valence-electron chi connectivity index (χ3n) is 4.90. The second-order valence-corrected chi connectivity index (χ2v) is 9.08. The third-order valence-corrected chi connectivity index (χ3v) is 4.90. The Hall–Kier alpha value is -3.97. The average Bonchev–Trinajstić information content (AvgIpc) is 3.47. The molecule has 0 saturated heterocycles. The molecule has 1 aromatic rings. The molecule has 0 aliphatic rings. The molecule has 0 aromatic carbocycles. The number of hydrogen-bond acceptors (Lipinski definition) is 11. The molecular weight excluding hydrogens is 559 g/mol. The molecule has 2 atom stereocenters. The summed E-state index contributed by atoms with van der Waals surface area (Å²) in [5.41, 5.74) is 2.01. The van der Waals surface area contributed by atoms with Crippen molar-refractivity contribution < 1.29 is 33.1 Å². The SMILES string of the molecule is C/C=C(C)/C=C/C=C(\C=C(/C)F)N(C)CC(C)Cn1ccnn1.C=NC.CC=O.COC(=O)CCC(=O)OCC(C)ON. The van der Waals surface area contributed by atoms with Crippen LogP contribution in [-0.2, 0) is 35.2 Å². The van der Waals surface area contributed by atoms with Crippen molar-refractivity contribution in [3.05, 3.63) is 59.9 Å². The van der Waals surface area contributed by atoms with Crippen molar-refractivity contribution in [1.29, 1.82) is 0 Å². The Morgan fingerprint density at radius 1 is 1.21 bits per heavy atom. The number of aldehydes is 1. The molecule has 0 amide bonds. The smallest absolute Gasteiger partial charge is 0.306 e. The maximum Gasteiger partial charge on any atom is 0.306 e. The zero-order valence-corrected chi connectivity index (χ0v) is 27.2. The van der Waals surface area contributed by atoms with Gasteiger partial charge < -0.3 is 24.2 Å². The number of carbonyl (C=O) groups is 3. The van der Waals surface area contributed by atoms with Crippen LogP contribution in [0.25, 0.3) is 0 Å². The summed E-state index contributed by atoms with van der Waals surface area (Å²) in [4.78, 5) is 40.1. The minimum Gasteiger partial charge on any atom is -0.469 e. The van der Waals surface area contributed by atoms with Crippen LogP contribution in [0.4, 0.5) is 4.39 Å². The fraction of sp³-hybridized carbons (Fsp3) is 0.533. The summed E-state index contributed by atoms with van der Waals surface area (Å²) in [6.45, 7) is 15.5. The lowest BCUT2D eigenvalue weighted by Gasteiger charge is -2.24. The second kappa shape index (κ2) is 29.5. The molecule has 0 aliphatic carbocycles. The Morgan fingerprint density at radius 3 is 2.26 bits per heavy atom. The third kappa shape index (κ3) is 29.3. The van der Waals surface area contributed by atoms with Gasteiger partial charge in [-0.3, -0.25) is 19.1 Å². The molecule has 2 N–H and O–H groups in total. The zero-order valence-electron chi connectivity index (χ0n) is 27.2. The molecule has 12 nitrogen and oxygen atoms in total. The minimum atomic E-state index is -0.473. The van der Waals surface area contributed by atoms with Gasteiger partial charge in [0.15, 0.2) is 0 Å². The molecule has 43 heavy (non-hydrogen) atoms. The summed E-state index contributed by atoms with van der Waals surface area (Å²) >= 11 is 0. The van der Waals surface area contributed by atoms with Gasteiger partial charge in [0, 0.05) is 39.1 Å². The molecule has 1 rings (SSSR count). The summed E-state index contributed by atoms with van der Waals surface area (Å²) in [5, 5.41) is 7.79. The second-order valence-electron chi connectivity index (χ2n) is 9.08. The number of aliphatic imine (C=N–C) groups is 1. The number of likely N-dealkylation sites (N-methyl/N-ethyl adjacent to an activating group) is 1. The van der Waals surface area contributed by atoms with Gasteiger partial charge in [-0.1, -0.05) is 35.9 Å². The van der Waals surface area contributed by atoms with E-state index in [2.05, 4.69) is 43.4 Å². The van der Waals surface area contributed by atoms with Crippen LogP contribution < -0.4 is 5.90 Å². The number of methoxy groups -OCH3 is 1. The number of nitrogens with zero attached hydrogens (tertiary/aromatic N) is 5. The summed E-state index contributed by atoms with van der Waals surface area (Å²) in [5.74, 6) is 4.08. The molecular formula is C30H51FN6O6. The van der Waals surface area contributed by atoms with E-state index >= 15 is 0 Å². The number of hydrogen-bond donors (Lipinski definition) is 1. The lowest BCUT2D eigenvalue weighted by Crippen LogP contribution is -2.26. The van der Waals surface area contributed by atoms with Gasteiger partial charge in [-0.05, 0) is 59.4 Å². The number of halogens is 1. The Kier molecular flexibility index (Phi) is 29.9. The Balaban J connectivity index is -0.000000679. The lowest BCUT2D eigenvalue weighted by atomic mass is 10.1. The first-order chi connectivity index (χ1) is 20.3. The van der Waals surface area contributed by atoms with Gasteiger partial charge in [0.1, 0.15) is 19.0 Å². The molecule has 13 heteroatoms. The van der Waals surface area contributed by atoms with Gasteiger partial charge in [-0.15, -0.1) is 5.10 Å².